The Balaban J connectivity index is 0.000000177. The standard InChI is InChI=1S/C25H37FN6O2SSi.C24H35FN6O3SSi.C20H34FN5O2SSi.C15H16FN7O5S2.C5H4BrN.C4H8O.C2H6/c1-8-18-21(34-36(14(2)3,15(4)5)16(6)7)20(26)25(33-18)32-23-19(22(27)29-13-30-23)24(31-32)35-17-9-11-28-12-10-17;1-13(2)36(14(3)4,15(5)6)34-20-17(11-32)33-24(19(20)25)31-22-18(21(26)28-12-29-22)23(30-31)35-16-7-9-27-10-8-16;1-8-13-16(28-30(10(2)3,11(4)5)12(6)7)15(21)20(27-13)26-18-14(19(29)25-26)17(22)23-9-24-18;16-10-11(24)8(5-27-30(18,25)26)28-15(10)23-13-9(12(17)20-6-21-13)14(22-23)29-7-1-3-19-4-2-7;6-5-1-3-7-4-2-5;1-2-4-5-3-1;1-2/h9-16,18,20-21,25H,8H2,1-7H3,(H2,27,29,30);7-10,12-15,17,19-20,24,32H,11H2,1-6H3,(H2,26,28,29);9-13,15-16,20H,8H2,1-7H3,(H,25,29)(H2,22,23,24);1-4,6,8,10-11,15,24H,5H2,(H2,17,20,21)(H2,18,25,26);1-4H;1-4H2;1-2H3/t18-,20+,21-,25-;17-,19+,20-,24-;13-,15+,16-,20-;8?,10-,11+,15+;;;/m1110.../s1. The van der Waals surface area contributed by atoms with Gasteiger partial charge in [0, 0.05) is 81.9 Å². The summed E-state index contributed by atoms with van der Waals surface area (Å²) in [5.41, 5.74) is 28.7. The van der Waals surface area contributed by atoms with Crippen molar-refractivity contribution in [1.82, 2.24) is 98.9 Å². The molecule has 17 rings (SSSR count). The molecular weight excluding hydrogens is 2100 g/mol. The van der Waals surface area contributed by atoms with Gasteiger partial charge in [0.15, 0.2) is 72.2 Å². The third-order valence-corrected chi connectivity index (χ3v) is 49.2. The van der Waals surface area contributed by atoms with Gasteiger partial charge in [0.25, 0.3) is 0 Å². The van der Waals surface area contributed by atoms with Gasteiger partial charge in [-0.25, -0.2) is 81.3 Å². The van der Waals surface area contributed by atoms with E-state index in [-0.39, 0.29) is 58.5 Å². The fourth-order valence-corrected chi connectivity index (χ4v) is 40.6. The minimum atomic E-state index is -4.29. The molecule has 1 unspecified atom stereocenters. The SMILES string of the molecule is Brc1ccncc1.C1CCOC1.CC.CC(C)[Si](O[C@H]1[C@H](F)[C@H](n2nc(Sc3ccncc3)c3c(N)ncnc32)O[C@@H]1CO)(C(C)C)C(C)C.CC[C@H]1O[C@@H](n2[nH]c(=S)c3c(N)ncnc32)[C@@H](F)[C@@H]1O[Si](C(C)C)(C(C)C)C(C)C.CC[C@H]1O[C@@H](n2nc(Sc3ccncc3)c3c(N)ncnc32)[C@@H](F)[C@@H]1O[Si](C(C)C)(C(C)C)C(C)C.Nc1ncnc2c1c(Sc1ccncc1)nn2[C@@H]1OC(COS(N)(=O)=O)[C@@H](O)[C@@H]1F. The van der Waals surface area contributed by atoms with E-state index >= 15 is 13.2 Å². The van der Waals surface area contributed by atoms with Gasteiger partial charge >= 0.3 is 10.3 Å². The second-order valence-electron chi connectivity index (χ2n) is 38.2. The van der Waals surface area contributed by atoms with Gasteiger partial charge in [-0.2, -0.15) is 23.7 Å². The van der Waals surface area contributed by atoms with E-state index in [2.05, 4.69) is 220 Å². The highest BCUT2D eigenvalue weighted by molar-refractivity contribution is 9.10. The van der Waals surface area contributed by atoms with E-state index in [4.69, 9.17) is 82.4 Å². The number of pyridine rings is 4. The van der Waals surface area contributed by atoms with Crippen LogP contribution in [0.2, 0.25) is 49.9 Å². The highest BCUT2D eigenvalue weighted by Gasteiger charge is 2.59. The number of hydrogen-bond donors (Lipinski definition) is 8. The van der Waals surface area contributed by atoms with Crippen LogP contribution in [0.25, 0.3) is 44.1 Å². The van der Waals surface area contributed by atoms with Gasteiger partial charge in [-0.1, -0.05) is 216 Å². The number of ether oxygens (including phenoxy) is 5. The molecule has 5 aliphatic heterocycles. The summed E-state index contributed by atoms with van der Waals surface area (Å²) in [5.74, 6) is 0.931. The molecule has 0 bridgehead atoms. The Labute approximate surface area is 879 Å². The summed E-state index contributed by atoms with van der Waals surface area (Å²) in [6.07, 6.45) is 5.06. The van der Waals surface area contributed by atoms with Gasteiger partial charge in [-0.05, 0) is 124 Å². The molecule has 0 amide bonds. The number of nitrogens with two attached hydrogens (primary N) is 5. The van der Waals surface area contributed by atoms with Crippen LogP contribution in [0.1, 0.15) is 203 Å². The molecule has 12 aromatic heterocycles. The van der Waals surface area contributed by atoms with Gasteiger partial charge < -0.3 is 70.1 Å². The van der Waals surface area contributed by atoms with Crippen LogP contribution in [0, 0.1) is 4.64 Å². The molecule has 0 aromatic carbocycles. The molecular formula is C95H140BrF4N25O13S5Si3. The number of aromatic nitrogens is 20. The van der Waals surface area contributed by atoms with Crippen molar-refractivity contribution in [2.45, 2.75) is 356 Å². The lowest BCUT2D eigenvalue weighted by Crippen LogP contribution is -2.53. The third-order valence-electron chi connectivity index (χ3n) is 26.6. The lowest BCUT2D eigenvalue weighted by Gasteiger charge is -2.44. The van der Waals surface area contributed by atoms with Crippen LogP contribution in [0.15, 0.2) is 158 Å². The average molecular weight is 2240 g/mol. The minimum absolute atomic E-state index is 0.130. The number of alkyl halides is 4. The van der Waals surface area contributed by atoms with E-state index in [1.54, 1.807) is 61.7 Å². The first-order valence-electron chi connectivity index (χ1n) is 49.1. The van der Waals surface area contributed by atoms with Crippen LogP contribution in [0.3, 0.4) is 0 Å². The number of halogens is 5. The molecule has 5 saturated heterocycles. The number of hydrogen-bond acceptors (Lipinski definition) is 36. The summed E-state index contributed by atoms with van der Waals surface area (Å²) in [7, 11) is -11.4. The summed E-state index contributed by atoms with van der Waals surface area (Å²) in [4.78, 5) is 51.9. The lowest BCUT2D eigenvalue weighted by molar-refractivity contribution is -0.0500. The van der Waals surface area contributed by atoms with Crippen molar-refractivity contribution < 1.29 is 77.3 Å². The topological polar surface area (TPSA) is 517 Å². The van der Waals surface area contributed by atoms with E-state index in [0.717, 1.165) is 37.1 Å². The average Bonchev–Trinajstić information content (AvgIpc) is 1.59. The van der Waals surface area contributed by atoms with E-state index in [1.807, 2.05) is 64.1 Å². The zero-order valence-corrected chi connectivity index (χ0v) is 95.0. The van der Waals surface area contributed by atoms with E-state index < -0.39 is 128 Å². The predicted molar refractivity (Wildman–Crippen MR) is 570 cm³/mol. The summed E-state index contributed by atoms with van der Waals surface area (Å²) >= 11 is 12.6. The van der Waals surface area contributed by atoms with E-state index in [9.17, 15) is 23.0 Å². The van der Waals surface area contributed by atoms with Crippen molar-refractivity contribution in [3.05, 3.63) is 133 Å². The van der Waals surface area contributed by atoms with Gasteiger partial charge in [0.05, 0.1) is 47.0 Å². The molecule has 800 valence electrons. The maximum atomic E-state index is 16.4. The van der Waals surface area contributed by atoms with Crippen molar-refractivity contribution in [2.24, 2.45) is 5.14 Å². The van der Waals surface area contributed by atoms with Gasteiger partial charge in [0.2, 0.25) is 25.0 Å². The molecule has 51 heteroatoms. The Bertz CT molecular complexity index is 6080. The molecule has 38 nitrogen and oxygen atoms in total. The van der Waals surface area contributed by atoms with Crippen molar-refractivity contribution in [2.75, 3.05) is 49.4 Å². The molecule has 13 N–H and O–H groups in total. The Morgan fingerprint density at radius 1 is 0.452 bits per heavy atom. The fourth-order valence-electron chi connectivity index (χ4n) is 20.3. The highest BCUT2D eigenvalue weighted by atomic mass is 79.9. The Morgan fingerprint density at radius 3 is 1.03 bits per heavy atom. The number of nitrogens with zero attached hydrogens (tertiary/aromatic N) is 19. The smallest absolute Gasteiger partial charge is 0.333 e. The molecule has 16 atom stereocenters. The van der Waals surface area contributed by atoms with Gasteiger partial charge in [0.1, 0.15) is 105 Å². The second kappa shape index (κ2) is 52.6. The quantitative estimate of drug-likeness (QED) is 0.0114. The van der Waals surface area contributed by atoms with E-state index in [1.165, 1.54) is 87.5 Å². The number of nitrogens with one attached hydrogen (secondary N) is 1. The van der Waals surface area contributed by atoms with Gasteiger partial charge in [-0.3, -0.25) is 29.2 Å². The van der Waals surface area contributed by atoms with E-state index in [0.29, 0.717) is 110 Å². The minimum Gasteiger partial charge on any atom is -0.407 e. The maximum absolute atomic E-state index is 16.4. The Kier molecular flexibility index (Phi) is 42.4. The molecule has 17 heterocycles. The fraction of sp³-hybridized carbons (Fsp3) is 0.579. The number of fused-ring (bicyclic) bond motifs is 4. The number of rotatable bonds is 31. The van der Waals surface area contributed by atoms with Crippen molar-refractivity contribution in [1.29, 1.82) is 0 Å². The molecule has 146 heavy (non-hydrogen) atoms. The Hall–Kier alpha value is -8.41. The van der Waals surface area contributed by atoms with Crippen molar-refractivity contribution in [3.8, 4) is 0 Å². The molecule has 12 aromatic rings. The predicted octanol–water partition coefficient (Wildman–Crippen LogP) is 19.6. The third kappa shape index (κ3) is 26.3. The number of aliphatic hydroxyl groups excluding tert-OH is 2. The number of H-pyrrole nitrogens is 1. The number of aliphatic hydroxyl groups is 2. The highest BCUT2D eigenvalue weighted by Crippen LogP contribution is 2.53. The van der Waals surface area contributed by atoms with Crippen LogP contribution in [0.5, 0.6) is 0 Å². The summed E-state index contributed by atoms with van der Waals surface area (Å²) in [6.45, 7) is 48.3. The number of aromatic amines is 1. The van der Waals surface area contributed by atoms with Gasteiger partial charge in [-0.15, -0.1) is 0 Å². The zero-order valence-electron chi connectivity index (χ0n) is 86.3. The van der Waals surface area contributed by atoms with Crippen LogP contribution < -0.4 is 28.1 Å². The monoisotopic (exact) mass is 2240 g/mol. The summed E-state index contributed by atoms with van der Waals surface area (Å²) in [5, 5.41) is 45.4. The molecule has 0 radical (unpaired) electrons. The zero-order chi connectivity index (χ0) is 107. The molecule has 0 saturated carbocycles. The normalized spacial score (nSPS) is 22.8. The number of anilines is 4. The van der Waals surface area contributed by atoms with Crippen LogP contribution in [0.4, 0.5) is 40.8 Å². The Morgan fingerprint density at radius 2 is 0.740 bits per heavy atom. The first kappa shape index (κ1) is 118. The largest absolute Gasteiger partial charge is 0.407 e. The van der Waals surface area contributed by atoms with Crippen LogP contribution in [-0.2, 0) is 51.4 Å². The van der Waals surface area contributed by atoms with Crippen molar-refractivity contribution >= 4 is 166 Å². The number of nitrogen functional groups attached to an aromatic ring is 4. The summed E-state index contributed by atoms with van der Waals surface area (Å²) < 4.78 is 146. The van der Waals surface area contributed by atoms with Crippen LogP contribution >= 0.6 is 63.4 Å². The van der Waals surface area contributed by atoms with Crippen LogP contribution in [-0.4, -0.2) is 242 Å². The summed E-state index contributed by atoms with van der Waals surface area (Å²) in [6, 6.07) is 14.7. The second-order valence-corrected chi connectivity index (χ2v) is 60.2. The first-order valence-corrected chi connectivity index (χ1v) is 60.7. The molecule has 0 spiro atoms. The maximum Gasteiger partial charge on any atom is 0.333 e. The first-order chi connectivity index (χ1) is 69.4. The van der Waals surface area contributed by atoms with Crippen molar-refractivity contribution in [3.63, 3.8) is 0 Å². The lowest BCUT2D eigenvalue weighted by atomic mass is 10.1. The molecule has 5 fully saturated rings. The molecule has 5 aliphatic rings. The molecule has 0 aliphatic carbocycles.